The van der Waals surface area contributed by atoms with E-state index in [0.717, 1.165) is 17.5 Å². The summed E-state index contributed by atoms with van der Waals surface area (Å²) in [7, 11) is 0. The van der Waals surface area contributed by atoms with Crippen molar-refractivity contribution in [3.05, 3.63) is 29.9 Å². The molecule has 0 amide bonds. The lowest BCUT2D eigenvalue weighted by Gasteiger charge is -2.07. The van der Waals surface area contributed by atoms with Crippen molar-refractivity contribution in [2.24, 2.45) is 0 Å². The standard InChI is InChI=1S/C13H18N4O/c1-4-10(3)15-8-12-16-13(17-18-12)11-5-6-14-7-9(11)2/h5-7,10,15H,4,8H2,1-3H3. The Balaban J connectivity index is 2.09. The number of aromatic nitrogens is 3. The molecule has 0 aliphatic rings. The van der Waals surface area contributed by atoms with Gasteiger partial charge in [-0.05, 0) is 31.9 Å². The van der Waals surface area contributed by atoms with Gasteiger partial charge in [0.25, 0.3) is 0 Å². The molecule has 0 aromatic carbocycles. The highest BCUT2D eigenvalue weighted by atomic mass is 16.5. The smallest absolute Gasteiger partial charge is 0.240 e. The van der Waals surface area contributed by atoms with E-state index in [1.807, 2.05) is 13.0 Å². The molecule has 5 heteroatoms. The number of nitrogens with one attached hydrogen (secondary N) is 1. The first kappa shape index (κ1) is 12.7. The van der Waals surface area contributed by atoms with E-state index in [4.69, 9.17) is 4.52 Å². The molecule has 5 nitrogen and oxygen atoms in total. The Kier molecular flexibility index (Phi) is 4.04. The van der Waals surface area contributed by atoms with Gasteiger partial charge in [0.15, 0.2) is 0 Å². The second-order valence-electron chi connectivity index (χ2n) is 4.39. The minimum atomic E-state index is 0.447. The van der Waals surface area contributed by atoms with Crippen LogP contribution in [0.25, 0.3) is 11.4 Å². The number of rotatable bonds is 5. The van der Waals surface area contributed by atoms with Crippen molar-refractivity contribution in [1.29, 1.82) is 0 Å². The predicted molar refractivity (Wildman–Crippen MR) is 68.9 cm³/mol. The lowest BCUT2D eigenvalue weighted by Crippen LogP contribution is -2.24. The summed E-state index contributed by atoms with van der Waals surface area (Å²) in [6.07, 6.45) is 4.60. The second-order valence-corrected chi connectivity index (χ2v) is 4.39. The monoisotopic (exact) mass is 246 g/mol. The van der Waals surface area contributed by atoms with E-state index in [1.54, 1.807) is 12.4 Å². The highest BCUT2D eigenvalue weighted by Gasteiger charge is 2.10. The Morgan fingerprint density at radius 3 is 3.00 bits per heavy atom. The normalized spacial score (nSPS) is 12.6. The van der Waals surface area contributed by atoms with Gasteiger partial charge in [-0.25, -0.2) is 0 Å². The molecule has 0 saturated carbocycles. The molecule has 1 N–H and O–H groups in total. The summed E-state index contributed by atoms with van der Waals surface area (Å²) in [4.78, 5) is 8.43. The molecule has 2 heterocycles. The summed E-state index contributed by atoms with van der Waals surface area (Å²) < 4.78 is 5.22. The van der Waals surface area contributed by atoms with E-state index in [2.05, 4.69) is 34.3 Å². The van der Waals surface area contributed by atoms with Crippen LogP contribution in [0.1, 0.15) is 31.7 Å². The SMILES string of the molecule is CCC(C)NCc1nc(-c2ccncc2C)no1. The van der Waals surface area contributed by atoms with E-state index >= 15 is 0 Å². The van der Waals surface area contributed by atoms with Crippen molar-refractivity contribution < 1.29 is 4.52 Å². The van der Waals surface area contributed by atoms with Crippen molar-refractivity contribution in [3.8, 4) is 11.4 Å². The zero-order valence-electron chi connectivity index (χ0n) is 11.0. The Hall–Kier alpha value is -1.75. The lowest BCUT2D eigenvalue weighted by atomic mass is 10.1. The summed E-state index contributed by atoms with van der Waals surface area (Å²) in [6.45, 7) is 6.85. The van der Waals surface area contributed by atoms with Gasteiger partial charge in [0.05, 0.1) is 6.54 Å². The van der Waals surface area contributed by atoms with Crippen LogP contribution in [0.5, 0.6) is 0 Å². The minimum absolute atomic E-state index is 0.447. The summed E-state index contributed by atoms with van der Waals surface area (Å²) in [5.41, 5.74) is 2.00. The summed E-state index contributed by atoms with van der Waals surface area (Å²) in [5, 5.41) is 7.32. The topological polar surface area (TPSA) is 63.8 Å². The van der Waals surface area contributed by atoms with Gasteiger partial charge in [-0.15, -0.1) is 0 Å². The maximum atomic E-state index is 5.22. The molecule has 2 aromatic rings. The molecular formula is C13H18N4O. The van der Waals surface area contributed by atoms with Crippen molar-refractivity contribution in [1.82, 2.24) is 20.4 Å². The average molecular weight is 246 g/mol. The molecule has 0 aliphatic heterocycles. The molecule has 0 saturated heterocycles. The highest BCUT2D eigenvalue weighted by molar-refractivity contribution is 5.57. The maximum absolute atomic E-state index is 5.22. The molecular weight excluding hydrogens is 228 g/mol. The molecule has 0 fully saturated rings. The van der Waals surface area contributed by atoms with E-state index in [9.17, 15) is 0 Å². The van der Waals surface area contributed by atoms with E-state index < -0.39 is 0 Å². The third-order valence-corrected chi connectivity index (χ3v) is 2.94. The van der Waals surface area contributed by atoms with Gasteiger partial charge in [-0.1, -0.05) is 12.1 Å². The minimum Gasteiger partial charge on any atom is -0.338 e. The van der Waals surface area contributed by atoms with Gasteiger partial charge in [0.1, 0.15) is 0 Å². The van der Waals surface area contributed by atoms with Crippen LogP contribution in [0.4, 0.5) is 0 Å². The summed E-state index contributed by atoms with van der Waals surface area (Å²) in [6, 6.07) is 2.34. The predicted octanol–water partition coefficient (Wildman–Crippen LogP) is 2.33. The van der Waals surface area contributed by atoms with Gasteiger partial charge in [-0.2, -0.15) is 4.98 Å². The van der Waals surface area contributed by atoms with Crippen LogP contribution in [0.3, 0.4) is 0 Å². The lowest BCUT2D eigenvalue weighted by molar-refractivity contribution is 0.358. The van der Waals surface area contributed by atoms with E-state index in [-0.39, 0.29) is 0 Å². The van der Waals surface area contributed by atoms with Crippen LogP contribution < -0.4 is 5.32 Å². The molecule has 18 heavy (non-hydrogen) atoms. The van der Waals surface area contributed by atoms with Crippen LogP contribution in [0.2, 0.25) is 0 Å². The molecule has 0 radical (unpaired) electrons. The van der Waals surface area contributed by atoms with Crippen LogP contribution in [0.15, 0.2) is 23.0 Å². The van der Waals surface area contributed by atoms with Crippen LogP contribution in [0, 0.1) is 6.92 Å². The number of nitrogens with zero attached hydrogens (tertiary/aromatic N) is 3. The number of aryl methyl sites for hydroxylation is 1. The molecule has 1 atom stereocenters. The number of hydrogen-bond donors (Lipinski definition) is 1. The molecule has 1 unspecified atom stereocenters. The first-order valence-corrected chi connectivity index (χ1v) is 6.17. The zero-order chi connectivity index (χ0) is 13.0. The van der Waals surface area contributed by atoms with Crippen LogP contribution in [-0.2, 0) is 6.54 Å². The fourth-order valence-corrected chi connectivity index (χ4v) is 1.57. The third kappa shape index (κ3) is 2.92. The largest absolute Gasteiger partial charge is 0.338 e. The third-order valence-electron chi connectivity index (χ3n) is 2.94. The number of hydrogen-bond acceptors (Lipinski definition) is 5. The fourth-order valence-electron chi connectivity index (χ4n) is 1.57. The fraction of sp³-hybridized carbons (Fsp3) is 0.462. The van der Waals surface area contributed by atoms with Gasteiger partial charge in [-0.3, -0.25) is 4.98 Å². The van der Waals surface area contributed by atoms with E-state index in [1.165, 1.54) is 0 Å². The van der Waals surface area contributed by atoms with Crippen molar-refractivity contribution in [3.63, 3.8) is 0 Å². The van der Waals surface area contributed by atoms with Crippen molar-refractivity contribution in [2.75, 3.05) is 0 Å². The van der Waals surface area contributed by atoms with Gasteiger partial charge >= 0.3 is 0 Å². The second kappa shape index (κ2) is 5.73. The van der Waals surface area contributed by atoms with E-state index in [0.29, 0.717) is 24.3 Å². The Bertz CT molecular complexity index is 509. The van der Waals surface area contributed by atoms with Gasteiger partial charge in [0.2, 0.25) is 11.7 Å². The first-order valence-electron chi connectivity index (χ1n) is 6.17. The molecule has 0 bridgehead atoms. The quantitative estimate of drug-likeness (QED) is 0.877. The van der Waals surface area contributed by atoms with Gasteiger partial charge in [0, 0.05) is 24.0 Å². The molecule has 96 valence electrons. The maximum Gasteiger partial charge on any atom is 0.240 e. The zero-order valence-corrected chi connectivity index (χ0v) is 11.0. The van der Waals surface area contributed by atoms with Gasteiger partial charge < -0.3 is 9.84 Å². The van der Waals surface area contributed by atoms with Crippen molar-refractivity contribution >= 4 is 0 Å². The molecule has 2 aromatic heterocycles. The Morgan fingerprint density at radius 2 is 2.28 bits per heavy atom. The average Bonchev–Trinajstić information content (AvgIpc) is 2.85. The molecule has 0 aliphatic carbocycles. The van der Waals surface area contributed by atoms with Crippen molar-refractivity contribution in [2.45, 2.75) is 39.8 Å². The summed E-state index contributed by atoms with van der Waals surface area (Å²) >= 11 is 0. The molecule has 0 spiro atoms. The van der Waals surface area contributed by atoms with Crippen LogP contribution in [-0.4, -0.2) is 21.2 Å². The summed E-state index contributed by atoms with van der Waals surface area (Å²) in [5.74, 6) is 1.23. The first-order chi connectivity index (χ1) is 8.70. The highest BCUT2D eigenvalue weighted by Crippen LogP contribution is 2.18. The van der Waals surface area contributed by atoms with Crippen LogP contribution >= 0.6 is 0 Å². The molecule has 2 rings (SSSR count). The Morgan fingerprint density at radius 1 is 1.44 bits per heavy atom. The Labute approximate surface area is 107 Å². The number of pyridine rings is 1.